The lowest BCUT2D eigenvalue weighted by atomic mass is 9.68. The molecule has 0 aliphatic heterocycles. The van der Waals surface area contributed by atoms with Crippen molar-refractivity contribution in [1.82, 2.24) is 0 Å². The highest BCUT2D eigenvalue weighted by atomic mass is 32.1. The minimum absolute atomic E-state index is 0.124. The van der Waals surface area contributed by atoms with Crippen molar-refractivity contribution < 1.29 is 0 Å². The van der Waals surface area contributed by atoms with Crippen molar-refractivity contribution in [1.29, 1.82) is 0 Å². The molecule has 1 heterocycles. The van der Waals surface area contributed by atoms with E-state index >= 15 is 0 Å². The zero-order chi connectivity index (χ0) is 40.0. The topological polar surface area (TPSA) is 3.24 Å². The lowest BCUT2D eigenvalue weighted by Gasteiger charge is -2.34. The number of hydrogen-bond acceptors (Lipinski definition) is 2. The van der Waals surface area contributed by atoms with E-state index in [1.54, 1.807) is 0 Å². The number of nitrogens with zero attached hydrogens (tertiary/aromatic N) is 1. The Bertz CT molecular complexity index is 3250. The number of fused-ring (bicyclic) bond motifs is 9. The lowest BCUT2D eigenvalue weighted by Crippen LogP contribution is -2.28. The number of anilines is 3. The van der Waals surface area contributed by atoms with Crippen LogP contribution >= 0.6 is 11.3 Å². The molecule has 2 heteroatoms. The zero-order valence-electron chi connectivity index (χ0n) is 33.6. The van der Waals surface area contributed by atoms with Crippen molar-refractivity contribution in [3.05, 3.63) is 246 Å². The largest absolute Gasteiger partial charge is 0.310 e. The van der Waals surface area contributed by atoms with Crippen LogP contribution in [0.15, 0.2) is 212 Å². The molecular weight excluding hydrogens is 743 g/mol. The van der Waals surface area contributed by atoms with E-state index < -0.39 is 5.41 Å². The first-order valence-electron chi connectivity index (χ1n) is 20.9. The highest BCUT2D eigenvalue weighted by molar-refractivity contribution is 7.26. The molecule has 2 aliphatic carbocycles. The monoisotopic (exact) mass is 783 g/mol. The van der Waals surface area contributed by atoms with E-state index in [0.29, 0.717) is 0 Å². The third kappa shape index (κ3) is 4.98. The highest BCUT2D eigenvalue weighted by Gasteiger charge is 2.46. The number of thiophene rings is 1. The maximum atomic E-state index is 2.46. The van der Waals surface area contributed by atoms with Gasteiger partial charge in [0.25, 0.3) is 0 Å². The van der Waals surface area contributed by atoms with Gasteiger partial charge in [-0.3, -0.25) is 0 Å². The Kier molecular flexibility index (Phi) is 7.73. The molecule has 0 unspecified atom stereocenters. The fourth-order valence-corrected chi connectivity index (χ4v) is 11.9. The summed E-state index contributed by atoms with van der Waals surface area (Å²) in [4.78, 5) is 2.46. The summed E-state index contributed by atoms with van der Waals surface area (Å²) in [6, 6.07) is 79.2. The van der Waals surface area contributed by atoms with Gasteiger partial charge < -0.3 is 4.90 Å². The van der Waals surface area contributed by atoms with Crippen LogP contribution < -0.4 is 4.90 Å². The Hall–Kier alpha value is -7.00. The van der Waals surface area contributed by atoms with Crippen molar-refractivity contribution in [2.75, 3.05) is 4.90 Å². The van der Waals surface area contributed by atoms with Gasteiger partial charge in [0, 0.05) is 42.6 Å². The van der Waals surface area contributed by atoms with Crippen LogP contribution in [0.4, 0.5) is 17.1 Å². The molecule has 1 nitrogen and oxygen atoms in total. The fraction of sp³-hybridized carbons (Fsp3) is 0.0690. The highest BCUT2D eigenvalue weighted by Crippen LogP contribution is 2.57. The fourth-order valence-electron chi connectivity index (χ4n) is 10.6. The second-order valence-electron chi connectivity index (χ2n) is 16.8. The summed E-state index contributed by atoms with van der Waals surface area (Å²) in [5, 5.41) is 2.63. The molecule has 0 fully saturated rings. The van der Waals surface area contributed by atoms with Crippen molar-refractivity contribution in [3.63, 3.8) is 0 Å². The quantitative estimate of drug-likeness (QED) is 0.162. The Morgan fingerprint density at radius 1 is 0.367 bits per heavy atom. The molecule has 12 rings (SSSR count). The van der Waals surface area contributed by atoms with Crippen LogP contribution in [-0.2, 0) is 10.8 Å². The van der Waals surface area contributed by atoms with E-state index in [4.69, 9.17) is 0 Å². The van der Waals surface area contributed by atoms with E-state index in [-0.39, 0.29) is 5.41 Å². The molecule has 10 aromatic rings. The third-order valence-electron chi connectivity index (χ3n) is 13.4. The van der Waals surface area contributed by atoms with Crippen LogP contribution in [0, 0.1) is 0 Å². The maximum absolute atomic E-state index is 2.46. The van der Waals surface area contributed by atoms with Gasteiger partial charge in [0.15, 0.2) is 0 Å². The molecule has 0 saturated heterocycles. The summed E-state index contributed by atoms with van der Waals surface area (Å²) in [5.74, 6) is 0. The predicted octanol–water partition coefficient (Wildman–Crippen LogP) is 15.9. The van der Waals surface area contributed by atoms with Gasteiger partial charge in [0.2, 0.25) is 0 Å². The minimum Gasteiger partial charge on any atom is -0.310 e. The summed E-state index contributed by atoms with van der Waals surface area (Å²) >= 11 is 1.89. The van der Waals surface area contributed by atoms with Gasteiger partial charge in [-0.15, -0.1) is 11.3 Å². The molecule has 9 aromatic carbocycles. The zero-order valence-corrected chi connectivity index (χ0v) is 34.4. The molecular formula is C58H41NS. The summed E-state index contributed by atoms with van der Waals surface area (Å²) in [5.41, 5.74) is 18.5. The Balaban J connectivity index is 1.05. The molecule has 0 bridgehead atoms. The summed E-state index contributed by atoms with van der Waals surface area (Å²) in [6.45, 7) is 4.74. The molecule has 0 atom stereocenters. The van der Waals surface area contributed by atoms with Crippen molar-refractivity contribution in [2.45, 2.75) is 24.7 Å². The lowest BCUT2D eigenvalue weighted by molar-refractivity contribution is 0.660. The number of benzene rings is 9. The van der Waals surface area contributed by atoms with Crippen molar-refractivity contribution in [2.24, 2.45) is 0 Å². The van der Waals surface area contributed by atoms with Crippen LogP contribution in [0.5, 0.6) is 0 Å². The first kappa shape index (κ1) is 35.0. The standard InChI is InChI=1S/C58H41NS/c1-57(2)51-26-10-6-20-45(51)48-35-34-43(37-54(48)57)59(42-19-14-16-38(36-42)44-24-15-25-50-49-23-9-13-29-55(49)60-56(44)50)41-32-30-40(31-33-41)58(39-17-4-3-5-18-39)52-27-11-7-21-46(52)47-22-8-12-28-53(47)58/h3-37H,1-2H3. The predicted molar refractivity (Wildman–Crippen MR) is 254 cm³/mol. The molecule has 60 heavy (non-hydrogen) atoms. The van der Waals surface area contributed by atoms with Gasteiger partial charge >= 0.3 is 0 Å². The summed E-state index contributed by atoms with van der Waals surface area (Å²) < 4.78 is 2.65. The smallest absolute Gasteiger partial charge is 0.0713 e. The van der Waals surface area contributed by atoms with E-state index in [1.165, 1.54) is 86.9 Å². The number of hydrogen-bond donors (Lipinski definition) is 0. The maximum Gasteiger partial charge on any atom is 0.0713 e. The van der Waals surface area contributed by atoms with E-state index in [0.717, 1.165) is 17.1 Å². The molecule has 0 amide bonds. The summed E-state index contributed by atoms with van der Waals surface area (Å²) in [7, 11) is 0. The molecule has 1 aromatic heterocycles. The Labute approximate surface area is 355 Å². The van der Waals surface area contributed by atoms with Crippen LogP contribution in [-0.4, -0.2) is 0 Å². The molecule has 0 radical (unpaired) electrons. The van der Waals surface area contributed by atoms with Crippen LogP contribution in [0.25, 0.3) is 53.6 Å². The van der Waals surface area contributed by atoms with Crippen molar-refractivity contribution in [3.8, 4) is 33.4 Å². The van der Waals surface area contributed by atoms with Gasteiger partial charge in [0.05, 0.1) is 5.41 Å². The van der Waals surface area contributed by atoms with Crippen LogP contribution in [0.1, 0.15) is 47.2 Å². The van der Waals surface area contributed by atoms with Gasteiger partial charge in [-0.05, 0) is 109 Å². The molecule has 2 aliphatic rings. The average molecular weight is 784 g/mol. The normalized spacial score (nSPS) is 14.1. The van der Waals surface area contributed by atoms with Gasteiger partial charge in [-0.25, -0.2) is 0 Å². The Morgan fingerprint density at radius 2 is 0.900 bits per heavy atom. The van der Waals surface area contributed by atoms with Gasteiger partial charge in [-0.2, -0.15) is 0 Å². The number of rotatable bonds is 6. The first-order valence-corrected chi connectivity index (χ1v) is 21.7. The first-order chi connectivity index (χ1) is 29.5. The van der Waals surface area contributed by atoms with Crippen LogP contribution in [0.3, 0.4) is 0 Å². The average Bonchev–Trinajstić information content (AvgIpc) is 3.91. The van der Waals surface area contributed by atoms with Crippen molar-refractivity contribution >= 4 is 48.6 Å². The molecule has 0 spiro atoms. The van der Waals surface area contributed by atoms with Crippen LogP contribution in [0.2, 0.25) is 0 Å². The van der Waals surface area contributed by atoms with Gasteiger partial charge in [-0.1, -0.05) is 184 Å². The van der Waals surface area contributed by atoms with E-state index in [1.807, 2.05) is 11.3 Å². The summed E-state index contributed by atoms with van der Waals surface area (Å²) in [6.07, 6.45) is 0. The molecule has 0 saturated carbocycles. The second-order valence-corrected chi connectivity index (χ2v) is 17.9. The van der Waals surface area contributed by atoms with E-state index in [9.17, 15) is 0 Å². The van der Waals surface area contributed by atoms with Gasteiger partial charge in [0.1, 0.15) is 0 Å². The Morgan fingerprint density at radius 3 is 1.65 bits per heavy atom. The SMILES string of the molecule is CC1(C)c2ccccc2-c2ccc(N(c3ccc(C4(c5ccccc5)c5ccccc5-c5ccccc54)cc3)c3cccc(-c4cccc5c4sc4ccccc45)c3)cc21. The van der Waals surface area contributed by atoms with E-state index in [2.05, 4.69) is 231 Å². The molecule has 0 N–H and O–H groups in total. The third-order valence-corrected chi connectivity index (χ3v) is 14.6. The minimum atomic E-state index is -0.454. The second kappa shape index (κ2) is 13.3. The molecule has 284 valence electrons.